The van der Waals surface area contributed by atoms with Gasteiger partial charge in [-0.05, 0) is 43.0 Å². The number of benzene rings is 4. The minimum absolute atomic E-state index is 0.167. The zero-order valence-electron chi connectivity index (χ0n) is 22.9. The molecule has 0 spiro atoms. The van der Waals surface area contributed by atoms with Gasteiger partial charge in [0.1, 0.15) is 5.60 Å². The molecule has 0 aromatic heterocycles. The summed E-state index contributed by atoms with van der Waals surface area (Å²) in [4.78, 5) is 27.0. The Bertz CT molecular complexity index is 1360. The Morgan fingerprint density at radius 3 is 1.48 bits per heavy atom. The number of esters is 2. The monoisotopic (exact) mass is 538 g/mol. The highest BCUT2D eigenvalue weighted by Crippen LogP contribution is 2.44. The van der Waals surface area contributed by atoms with Gasteiger partial charge in [-0.3, -0.25) is 4.79 Å². The Morgan fingerprint density at radius 1 is 0.650 bits per heavy atom. The van der Waals surface area contributed by atoms with E-state index in [1.165, 1.54) is 0 Å². The standard InChI is InChI=1S/C34H34O6/c1-32(2,3)40-29(35)24-33(37,26-18-10-5-11-19-26)31(36)39-30(25-16-8-4-9-17-25)34(38,27-20-12-6-13-21-27)28-22-14-7-15-23-28/h4-23,30,37-38H,24H2,1-3H3/t30-,33?/m0/s1. The molecular weight excluding hydrogens is 504 g/mol. The van der Waals surface area contributed by atoms with Gasteiger partial charge in [0.05, 0.1) is 6.42 Å². The molecule has 6 nitrogen and oxygen atoms in total. The summed E-state index contributed by atoms with van der Waals surface area (Å²) in [6.07, 6.45) is -1.97. The fraction of sp³-hybridized carbons (Fsp3) is 0.235. The zero-order chi connectivity index (χ0) is 28.8. The molecule has 1 unspecified atom stereocenters. The highest BCUT2D eigenvalue weighted by molar-refractivity contribution is 5.87. The van der Waals surface area contributed by atoms with E-state index >= 15 is 0 Å². The fourth-order valence-corrected chi connectivity index (χ4v) is 4.67. The third-order valence-electron chi connectivity index (χ3n) is 6.54. The van der Waals surface area contributed by atoms with Crippen molar-refractivity contribution in [3.63, 3.8) is 0 Å². The maximum absolute atomic E-state index is 14.1. The fourth-order valence-electron chi connectivity index (χ4n) is 4.67. The third kappa shape index (κ3) is 6.30. The van der Waals surface area contributed by atoms with E-state index in [0.717, 1.165) is 0 Å². The van der Waals surface area contributed by atoms with E-state index in [9.17, 15) is 19.8 Å². The maximum atomic E-state index is 14.1. The molecule has 0 aliphatic rings. The Hall–Kier alpha value is -4.26. The Morgan fingerprint density at radius 2 is 1.05 bits per heavy atom. The van der Waals surface area contributed by atoms with Crippen LogP contribution >= 0.6 is 0 Å². The summed E-state index contributed by atoms with van der Waals surface area (Å²) in [7, 11) is 0. The molecule has 0 amide bonds. The van der Waals surface area contributed by atoms with Gasteiger partial charge < -0.3 is 19.7 Å². The third-order valence-corrected chi connectivity index (χ3v) is 6.54. The number of hydrogen-bond acceptors (Lipinski definition) is 6. The first-order chi connectivity index (χ1) is 19.0. The van der Waals surface area contributed by atoms with Crippen LogP contribution in [0.5, 0.6) is 0 Å². The van der Waals surface area contributed by atoms with Crippen LogP contribution in [-0.4, -0.2) is 27.8 Å². The molecular formula is C34H34O6. The highest BCUT2D eigenvalue weighted by Gasteiger charge is 2.49. The van der Waals surface area contributed by atoms with E-state index in [-0.39, 0.29) is 5.56 Å². The van der Waals surface area contributed by atoms with Crippen LogP contribution in [0.15, 0.2) is 121 Å². The first kappa shape index (κ1) is 28.7. The second kappa shape index (κ2) is 11.9. The van der Waals surface area contributed by atoms with Crippen LogP contribution < -0.4 is 0 Å². The van der Waals surface area contributed by atoms with Crippen LogP contribution in [-0.2, 0) is 30.3 Å². The molecule has 2 N–H and O–H groups in total. The molecule has 0 aliphatic heterocycles. The van der Waals surface area contributed by atoms with Crippen molar-refractivity contribution in [3.05, 3.63) is 144 Å². The van der Waals surface area contributed by atoms with Gasteiger partial charge >= 0.3 is 11.9 Å². The van der Waals surface area contributed by atoms with Gasteiger partial charge in [0, 0.05) is 0 Å². The van der Waals surface area contributed by atoms with Crippen molar-refractivity contribution >= 4 is 11.9 Å². The number of rotatable bonds is 9. The Labute approximate surface area is 234 Å². The lowest BCUT2D eigenvalue weighted by molar-refractivity contribution is -0.191. The van der Waals surface area contributed by atoms with Gasteiger partial charge in [0.15, 0.2) is 17.3 Å². The molecule has 0 bridgehead atoms. The second-order valence-electron chi connectivity index (χ2n) is 10.7. The predicted octanol–water partition coefficient (Wildman–Crippen LogP) is 5.83. The molecule has 0 heterocycles. The van der Waals surface area contributed by atoms with E-state index in [1.54, 1.807) is 124 Å². The van der Waals surface area contributed by atoms with Crippen molar-refractivity contribution in [2.75, 3.05) is 0 Å². The lowest BCUT2D eigenvalue weighted by Crippen LogP contribution is -2.45. The first-order valence-electron chi connectivity index (χ1n) is 13.1. The van der Waals surface area contributed by atoms with Crippen molar-refractivity contribution in [2.45, 2.75) is 50.1 Å². The predicted molar refractivity (Wildman–Crippen MR) is 152 cm³/mol. The molecule has 4 rings (SSSR count). The molecule has 2 atom stereocenters. The van der Waals surface area contributed by atoms with Crippen molar-refractivity contribution in [1.29, 1.82) is 0 Å². The molecule has 0 saturated carbocycles. The number of carbonyl (C=O) groups excluding carboxylic acids is 2. The van der Waals surface area contributed by atoms with E-state index in [0.29, 0.717) is 16.7 Å². The molecule has 4 aromatic rings. The van der Waals surface area contributed by atoms with Crippen LogP contribution in [0.3, 0.4) is 0 Å². The summed E-state index contributed by atoms with van der Waals surface area (Å²) in [5.41, 5.74) is -3.42. The SMILES string of the molecule is CC(C)(C)OC(=O)CC(O)(C(=O)O[C@@H](c1ccccc1)C(O)(c1ccccc1)c1ccccc1)c1ccccc1. The maximum Gasteiger partial charge on any atom is 0.344 e. The average Bonchev–Trinajstić information content (AvgIpc) is 2.96. The minimum Gasteiger partial charge on any atom is -0.460 e. The minimum atomic E-state index is -2.38. The Kier molecular flexibility index (Phi) is 8.52. The molecule has 6 heteroatoms. The summed E-state index contributed by atoms with van der Waals surface area (Å²) in [5, 5.41) is 24.4. The summed E-state index contributed by atoms with van der Waals surface area (Å²) in [6.45, 7) is 5.11. The van der Waals surface area contributed by atoms with Crippen LogP contribution in [0.1, 0.15) is 55.5 Å². The van der Waals surface area contributed by atoms with Gasteiger partial charge in [-0.15, -0.1) is 0 Å². The first-order valence-corrected chi connectivity index (χ1v) is 13.1. The van der Waals surface area contributed by atoms with Crippen LogP contribution in [0, 0.1) is 0 Å². The molecule has 0 aliphatic carbocycles. The molecule has 40 heavy (non-hydrogen) atoms. The summed E-state index contributed by atoms with van der Waals surface area (Å²) in [5.74, 6) is -1.86. The van der Waals surface area contributed by atoms with Crippen molar-refractivity contribution in [2.24, 2.45) is 0 Å². The second-order valence-corrected chi connectivity index (χ2v) is 10.7. The largest absolute Gasteiger partial charge is 0.460 e. The smallest absolute Gasteiger partial charge is 0.344 e. The summed E-state index contributed by atoms with van der Waals surface area (Å²) < 4.78 is 11.6. The van der Waals surface area contributed by atoms with Gasteiger partial charge in [0.2, 0.25) is 0 Å². The average molecular weight is 539 g/mol. The van der Waals surface area contributed by atoms with Crippen molar-refractivity contribution in [1.82, 2.24) is 0 Å². The zero-order valence-corrected chi connectivity index (χ0v) is 22.9. The van der Waals surface area contributed by atoms with E-state index in [2.05, 4.69) is 0 Å². The molecule has 0 fully saturated rings. The van der Waals surface area contributed by atoms with E-state index in [1.807, 2.05) is 18.2 Å². The number of hydrogen-bond donors (Lipinski definition) is 2. The topological polar surface area (TPSA) is 93.1 Å². The van der Waals surface area contributed by atoms with Gasteiger partial charge in [-0.2, -0.15) is 0 Å². The van der Waals surface area contributed by atoms with Crippen LogP contribution in [0.4, 0.5) is 0 Å². The number of carbonyl (C=O) groups is 2. The van der Waals surface area contributed by atoms with Gasteiger partial charge in [-0.1, -0.05) is 121 Å². The molecule has 0 radical (unpaired) electrons. The highest BCUT2D eigenvalue weighted by atomic mass is 16.6. The molecule has 4 aromatic carbocycles. The summed E-state index contributed by atoms with van der Waals surface area (Å²) >= 11 is 0. The van der Waals surface area contributed by atoms with E-state index < -0.39 is 41.3 Å². The van der Waals surface area contributed by atoms with Crippen LogP contribution in [0.2, 0.25) is 0 Å². The lowest BCUT2D eigenvalue weighted by Gasteiger charge is -2.38. The van der Waals surface area contributed by atoms with Crippen molar-refractivity contribution < 1.29 is 29.3 Å². The van der Waals surface area contributed by atoms with Gasteiger partial charge in [-0.25, -0.2) is 4.79 Å². The lowest BCUT2D eigenvalue weighted by atomic mass is 9.78. The van der Waals surface area contributed by atoms with Crippen LogP contribution in [0.25, 0.3) is 0 Å². The van der Waals surface area contributed by atoms with E-state index in [4.69, 9.17) is 9.47 Å². The number of aliphatic hydroxyl groups is 2. The number of ether oxygens (including phenoxy) is 2. The quantitative estimate of drug-likeness (QED) is 0.261. The normalized spacial score (nSPS) is 14.0. The van der Waals surface area contributed by atoms with Crippen molar-refractivity contribution in [3.8, 4) is 0 Å². The molecule has 0 saturated heterocycles. The molecule has 206 valence electrons. The van der Waals surface area contributed by atoms with Gasteiger partial charge in [0.25, 0.3) is 0 Å². The Balaban J connectivity index is 1.84. The summed E-state index contributed by atoms with van der Waals surface area (Å²) in [6, 6.07) is 34.8.